The highest BCUT2D eigenvalue weighted by Crippen LogP contribution is 2.41. The van der Waals surface area contributed by atoms with Crippen molar-refractivity contribution in [3.8, 4) is 34.0 Å². The predicted octanol–water partition coefficient (Wildman–Crippen LogP) is 3.30. The van der Waals surface area contributed by atoms with Crippen molar-refractivity contribution in [2.24, 2.45) is 5.73 Å². The molecule has 1 aliphatic heterocycles. The average molecular weight is 349 g/mol. The van der Waals surface area contributed by atoms with Gasteiger partial charge in [-0.05, 0) is 31.5 Å². The summed E-state index contributed by atoms with van der Waals surface area (Å²) in [6.07, 6.45) is 1.66. The van der Waals surface area contributed by atoms with Crippen molar-refractivity contribution < 1.29 is 14.3 Å². The number of nitrogens with zero attached hydrogens (tertiary/aromatic N) is 2. The summed E-state index contributed by atoms with van der Waals surface area (Å²) in [6.45, 7) is 3.98. The standard InChI is InChI=1S/C20H19N3O3/c1-12-8-16-17(26-11-25-16)9-15(12)19-18(14-6-4-3-5-7-14)22-10-23(19)13(2)20(21)24/h3-10,13H,11H2,1-2H3,(H2,21,24)/t13-/m1/s1. The van der Waals surface area contributed by atoms with E-state index in [0.29, 0.717) is 5.75 Å². The van der Waals surface area contributed by atoms with E-state index in [2.05, 4.69) is 4.98 Å². The van der Waals surface area contributed by atoms with E-state index in [-0.39, 0.29) is 6.79 Å². The first kappa shape index (κ1) is 16.2. The molecule has 0 radical (unpaired) electrons. The number of carbonyl (C=O) groups is 1. The van der Waals surface area contributed by atoms with Crippen LogP contribution in [0.5, 0.6) is 11.5 Å². The number of carbonyl (C=O) groups excluding carboxylic acids is 1. The summed E-state index contributed by atoms with van der Waals surface area (Å²) >= 11 is 0. The Bertz CT molecular complexity index is 979. The van der Waals surface area contributed by atoms with Crippen LogP contribution in [-0.2, 0) is 4.79 Å². The van der Waals surface area contributed by atoms with E-state index in [1.165, 1.54) is 0 Å². The molecule has 1 atom stereocenters. The summed E-state index contributed by atoms with van der Waals surface area (Å²) in [6, 6.07) is 13.2. The van der Waals surface area contributed by atoms with Crippen molar-refractivity contribution in [2.45, 2.75) is 19.9 Å². The fourth-order valence-electron chi connectivity index (χ4n) is 3.16. The summed E-state index contributed by atoms with van der Waals surface area (Å²) < 4.78 is 12.8. The molecule has 132 valence electrons. The number of aryl methyl sites for hydroxylation is 1. The molecule has 2 N–H and O–H groups in total. The average Bonchev–Trinajstić information content (AvgIpc) is 3.27. The van der Waals surface area contributed by atoms with Gasteiger partial charge in [-0.2, -0.15) is 0 Å². The number of hydrogen-bond donors (Lipinski definition) is 1. The first-order valence-electron chi connectivity index (χ1n) is 8.38. The molecule has 1 aliphatic rings. The van der Waals surface area contributed by atoms with Crippen molar-refractivity contribution in [1.82, 2.24) is 9.55 Å². The minimum absolute atomic E-state index is 0.209. The van der Waals surface area contributed by atoms with Gasteiger partial charge in [0.2, 0.25) is 12.7 Å². The zero-order valence-electron chi connectivity index (χ0n) is 14.6. The fraction of sp³-hybridized carbons (Fsp3) is 0.200. The molecule has 0 fully saturated rings. The summed E-state index contributed by atoms with van der Waals surface area (Å²) in [5, 5.41) is 0. The Morgan fingerprint density at radius 1 is 1.19 bits per heavy atom. The number of hydrogen-bond acceptors (Lipinski definition) is 4. The molecule has 3 aromatic rings. The lowest BCUT2D eigenvalue weighted by atomic mass is 9.99. The molecule has 0 unspecified atom stereocenters. The van der Waals surface area contributed by atoms with Gasteiger partial charge < -0.3 is 19.8 Å². The molecule has 6 heteroatoms. The molecule has 0 saturated heterocycles. The van der Waals surface area contributed by atoms with Gasteiger partial charge in [-0.1, -0.05) is 30.3 Å². The molecule has 1 amide bonds. The van der Waals surface area contributed by atoms with Crippen LogP contribution in [0.1, 0.15) is 18.5 Å². The smallest absolute Gasteiger partial charge is 0.240 e. The lowest BCUT2D eigenvalue weighted by Gasteiger charge is -2.17. The summed E-state index contributed by atoms with van der Waals surface area (Å²) in [7, 11) is 0. The van der Waals surface area contributed by atoms with E-state index < -0.39 is 11.9 Å². The highest BCUT2D eigenvalue weighted by atomic mass is 16.7. The van der Waals surface area contributed by atoms with Crippen molar-refractivity contribution in [2.75, 3.05) is 6.79 Å². The van der Waals surface area contributed by atoms with Crippen LogP contribution in [0.15, 0.2) is 48.8 Å². The molecule has 4 rings (SSSR count). The maximum atomic E-state index is 11.8. The summed E-state index contributed by atoms with van der Waals surface area (Å²) in [5.41, 5.74) is 10.1. The van der Waals surface area contributed by atoms with Gasteiger partial charge in [0.05, 0.1) is 17.7 Å². The van der Waals surface area contributed by atoms with Gasteiger partial charge in [0.15, 0.2) is 11.5 Å². The van der Waals surface area contributed by atoms with E-state index in [1.54, 1.807) is 13.3 Å². The molecule has 6 nitrogen and oxygen atoms in total. The second kappa shape index (κ2) is 6.22. The SMILES string of the molecule is Cc1cc2c(cc1-c1c(-c3ccccc3)ncn1[C@H](C)C(N)=O)OCO2. The van der Waals surface area contributed by atoms with Gasteiger partial charge in [0.25, 0.3) is 0 Å². The van der Waals surface area contributed by atoms with Crippen LogP contribution in [-0.4, -0.2) is 22.3 Å². The van der Waals surface area contributed by atoms with E-state index in [9.17, 15) is 4.79 Å². The Morgan fingerprint density at radius 3 is 2.58 bits per heavy atom. The zero-order valence-corrected chi connectivity index (χ0v) is 14.6. The fourth-order valence-corrected chi connectivity index (χ4v) is 3.16. The third-order valence-corrected chi connectivity index (χ3v) is 4.64. The van der Waals surface area contributed by atoms with Crippen LogP contribution < -0.4 is 15.2 Å². The maximum absolute atomic E-state index is 11.8. The van der Waals surface area contributed by atoms with Gasteiger partial charge in [0.1, 0.15) is 6.04 Å². The molecule has 1 aromatic heterocycles. The van der Waals surface area contributed by atoms with Crippen LogP contribution in [0.3, 0.4) is 0 Å². The number of fused-ring (bicyclic) bond motifs is 1. The van der Waals surface area contributed by atoms with E-state index in [1.807, 2.05) is 54.0 Å². The minimum atomic E-state index is -0.528. The van der Waals surface area contributed by atoms with Gasteiger partial charge in [-0.15, -0.1) is 0 Å². The van der Waals surface area contributed by atoms with Gasteiger partial charge in [-0.3, -0.25) is 4.79 Å². The molecule has 0 saturated carbocycles. The summed E-state index contributed by atoms with van der Waals surface area (Å²) in [4.78, 5) is 16.4. The van der Waals surface area contributed by atoms with Gasteiger partial charge in [0, 0.05) is 11.1 Å². The first-order chi connectivity index (χ1) is 12.6. The van der Waals surface area contributed by atoms with E-state index in [0.717, 1.165) is 33.8 Å². The topological polar surface area (TPSA) is 79.4 Å². The number of benzene rings is 2. The number of amides is 1. The lowest BCUT2D eigenvalue weighted by molar-refractivity contribution is -0.120. The molecule has 26 heavy (non-hydrogen) atoms. The van der Waals surface area contributed by atoms with Crippen LogP contribution >= 0.6 is 0 Å². The van der Waals surface area contributed by atoms with Crippen molar-refractivity contribution in [3.63, 3.8) is 0 Å². The Kier molecular flexibility index (Phi) is 3.88. The first-order valence-corrected chi connectivity index (χ1v) is 8.38. The number of ether oxygens (including phenoxy) is 2. The molecular weight excluding hydrogens is 330 g/mol. The number of primary amides is 1. The molecule has 0 spiro atoms. The van der Waals surface area contributed by atoms with Gasteiger partial charge in [-0.25, -0.2) is 4.98 Å². The number of imidazole rings is 1. The number of nitrogens with two attached hydrogens (primary N) is 1. The molecular formula is C20H19N3O3. The van der Waals surface area contributed by atoms with Gasteiger partial charge >= 0.3 is 0 Å². The number of rotatable bonds is 4. The Labute approximate surface area is 151 Å². The van der Waals surface area contributed by atoms with E-state index in [4.69, 9.17) is 15.2 Å². The second-order valence-electron chi connectivity index (χ2n) is 6.31. The molecule has 2 aromatic carbocycles. The van der Waals surface area contributed by atoms with Crippen LogP contribution in [0.2, 0.25) is 0 Å². The van der Waals surface area contributed by atoms with Crippen LogP contribution in [0.4, 0.5) is 0 Å². The Hall–Kier alpha value is -3.28. The normalized spacial score (nSPS) is 13.6. The van der Waals surface area contributed by atoms with E-state index >= 15 is 0 Å². The Morgan fingerprint density at radius 2 is 1.88 bits per heavy atom. The molecule has 2 heterocycles. The zero-order chi connectivity index (χ0) is 18.3. The Balaban J connectivity index is 1.97. The highest BCUT2D eigenvalue weighted by molar-refractivity contribution is 5.84. The lowest BCUT2D eigenvalue weighted by Crippen LogP contribution is -2.24. The van der Waals surface area contributed by atoms with Crippen LogP contribution in [0, 0.1) is 6.92 Å². The minimum Gasteiger partial charge on any atom is -0.454 e. The van der Waals surface area contributed by atoms with Crippen molar-refractivity contribution in [1.29, 1.82) is 0 Å². The maximum Gasteiger partial charge on any atom is 0.240 e. The number of aromatic nitrogens is 2. The third kappa shape index (κ3) is 2.60. The van der Waals surface area contributed by atoms with Crippen LogP contribution in [0.25, 0.3) is 22.5 Å². The summed E-state index contributed by atoms with van der Waals surface area (Å²) in [5.74, 6) is 0.993. The monoisotopic (exact) mass is 349 g/mol. The highest BCUT2D eigenvalue weighted by Gasteiger charge is 2.24. The molecule has 0 aliphatic carbocycles. The molecule has 0 bridgehead atoms. The van der Waals surface area contributed by atoms with Crippen molar-refractivity contribution in [3.05, 3.63) is 54.4 Å². The second-order valence-corrected chi connectivity index (χ2v) is 6.31. The van der Waals surface area contributed by atoms with Crippen molar-refractivity contribution >= 4 is 5.91 Å². The third-order valence-electron chi connectivity index (χ3n) is 4.64. The largest absolute Gasteiger partial charge is 0.454 e. The predicted molar refractivity (Wildman–Crippen MR) is 97.9 cm³/mol. The quantitative estimate of drug-likeness (QED) is 0.784.